The van der Waals surface area contributed by atoms with Crippen LogP contribution in [-0.2, 0) is 6.54 Å². The van der Waals surface area contributed by atoms with Gasteiger partial charge in [0, 0.05) is 12.1 Å². The Morgan fingerprint density at radius 1 is 1.17 bits per heavy atom. The minimum absolute atomic E-state index is 0.0508. The third-order valence-electron chi connectivity index (χ3n) is 3.41. The van der Waals surface area contributed by atoms with Gasteiger partial charge < -0.3 is 20.1 Å². The number of carbonyl (C=O) groups is 1. The second kappa shape index (κ2) is 6.39. The van der Waals surface area contributed by atoms with Crippen molar-refractivity contribution in [3.8, 4) is 11.5 Å². The zero-order valence-electron chi connectivity index (χ0n) is 14.1. The number of ether oxygens (including phenoxy) is 2. The maximum Gasteiger partial charge on any atom is 0.270 e. The molecule has 6 nitrogen and oxygen atoms in total. The number of carbonyl (C=O) groups excluding carboxylic acids is 1. The number of anilines is 1. The second-order valence-electron chi connectivity index (χ2n) is 6.68. The highest BCUT2D eigenvalue weighted by Gasteiger charge is 2.14. The molecule has 1 aromatic carbocycles. The number of benzene rings is 1. The van der Waals surface area contributed by atoms with E-state index in [9.17, 15) is 4.79 Å². The van der Waals surface area contributed by atoms with Gasteiger partial charge in [0.1, 0.15) is 5.69 Å². The summed E-state index contributed by atoms with van der Waals surface area (Å²) in [5.41, 5.74) is 2.16. The standard InChI is InChI=1S/C18H21N3O3/c1-18(2,3)21-13-5-6-14(19-10-13)17(22)20-9-12-4-7-15-16(8-12)24-11-23-15/h4-8,10,21H,9,11H2,1-3H3,(H,20,22). The highest BCUT2D eigenvalue weighted by molar-refractivity contribution is 5.92. The van der Waals surface area contributed by atoms with Crippen LogP contribution in [0.2, 0.25) is 0 Å². The molecule has 0 bridgehead atoms. The number of fused-ring (bicyclic) bond motifs is 1. The molecule has 0 unspecified atom stereocenters. The molecular formula is C18H21N3O3. The van der Waals surface area contributed by atoms with Crippen molar-refractivity contribution >= 4 is 11.6 Å². The van der Waals surface area contributed by atoms with E-state index in [1.807, 2.05) is 24.3 Å². The van der Waals surface area contributed by atoms with E-state index < -0.39 is 0 Å². The van der Waals surface area contributed by atoms with Crippen LogP contribution < -0.4 is 20.1 Å². The summed E-state index contributed by atoms with van der Waals surface area (Å²) in [5, 5.41) is 6.16. The monoisotopic (exact) mass is 327 g/mol. The molecule has 0 aliphatic carbocycles. The number of pyridine rings is 1. The summed E-state index contributed by atoms with van der Waals surface area (Å²) >= 11 is 0. The summed E-state index contributed by atoms with van der Waals surface area (Å²) < 4.78 is 10.6. The van der Waals surface area contributed by atoms with Gasteiger partial charge in [0.2, 0.25) is 6.79 Å². The third kappa shape index (κ3) is 3.95. The molecule has 3 rings (SSSR count). The van der Waals surface area contributed by atoms with Crippen LogP contribution in [0.4, 0.5) is 5.69 Å². The largest absolute Gasteiger partial charge is 0.454 e. The third-order valence-corrected chi connectivity index (χ3v) is 3.41. The van der Waals surface area contributed by atoms with Crippen LogP contribution in [0.1, 0.15) is 36.8 Å². The lowest BCUT2D eigenvalue weighted by atomic mass is 10.1. The van der Waals surface area contributed by atoms with E-state index in [-0.39, 0.29) is 18.2 Å². The van der Waals surface area contributed by atoms with Gasteiger partial charge in [-0.05, 0) is 50.6 Å². The van der Waals surface area contributed by atoms with Crippen molar-refractivity contribution in [1.82, 2.24) is 10.3 Å². The van der Waals surface area contributed by atoms with E-state index in [4.69, 9.17) is 9.47 Å². The van der Waals surface area contributed by atoms with Crippen molar-refractivity contribution < 1.29 is 14.3 Å². The SMILES string of the molecule is CC(C)(C)Nc1ccc(C(=O)NCc2ccc3c(c2)OCO3)nc1. The molecule has 1 aliphatic heterocycles. The Bertz CT molecular complexity index is 736. The first-order chi connectivity index (χ1) is 11.4. The predicted octanol–water partition coefficient (Wildman–Crippen LogP) is 2.95. The Labute approximate surface area is 141 Å². The Kier molecular flexibility index (Phi) is 4.29. The summed E-state index contributed by atoms with van der Waals surface area (Å²) in [6.45, 7) is 6.85. The summed E-state index contributed by atoms with van der Waals surface area (Å²) in [4.78, 5) is 16.4. The Hall–Kier alpha value is -2.76. The van der Waals surface area contributed by atoms with Crippen LogP contribution >= 0.6 is 0 Å². The Morgan fingerprint density at radius 2 is 1.96 bits per heavy atom. The molecule has 0 radical (unpaired) electrons. The number of nitrogens with zero attached hydrogens (tertiary/aromatic N) is 1. The van der Waals surface area contributed by atoms with Crippen LogP contribution in [0, 0.1) is 0 Å². The number of hydrogen-bond acceptors (Lipinski definition) is 5. The fourth-order valence-corrected chi connectivity index (χ4v) is 2.36. The maximum atomic E-state index is 12.2. The quantitative estimate of drug-likeness (QED) is 0.903. The maximum absolute atomic E-state index is 12.2. The molecule has 0 atom stereocenters. The minimum Gasteiger partial charge on any atom is -0.454 e. The Morgan fingerprint density at radius 3 is 2.67 bits per heavy atom. The van der Waals surface area contributed by atoms with Gasteiger partial charge in [-0.15, -0.1) is 0 Å². The fraction of sp³-hybridized carbons (Fsp3) is 0.333. The molecule has 2 heterocycles. The smallest absolute Gasteiger partial charge is 0.270 e. The molecule has 24 heavy (non-hydrogen) atoms. The second-order valence-corrected chi connectivity index (χ2v) is 6.68. The van der Waals surface area contributed by atoms with Crippen molar-refractivity contribution in [3.05, 3.63) is 47.8 Å². The molecular weight excluding hydrogens is 306 g/mol. The van der Waals surface area contributed by atoms with Gasteiger partial charge in [-0.3, -0.25) is 4.79 Å². The molecule has 6 heteroatoms. The predicted molar refractivity (Wildman–Crippen MR) is 91.3 cm³/mol. The zero-order valence-corrected chi connectivity index (χ0v) is 14.1. The van der Waals surface area contributed by atoms with Gasteiger partial charge in [-0.25, -0.2) is 4.98 Å². The summed E-state index contributed by atoms with van der Waals surface area (Å²) in [7, 11) is 0. The molecule has 0 saturated carbocycles. The van der Waals surface area contributed by atoms with Gasteiger partial charge in [0.05, 0.1) is 11.9 Å². The van der Waals surface area contributed by atoms with Crippen molar-refractivity contribution in [2.45, 2.75) is 32.9 Å². The molecule has 0 fully saturated rings. The summed E-state index contributed by atoms with van der Waals surface area (Å²) in [6.07, 6.45) is 1.67. The van der Waals surface area contributed by atoms with Gasteiger partial charge in [-0.2, -0.15) is 0 Å². The number of aromatic nitrogens is 1. The van der Waals surface area contributed by atoms with Gasteiger partial charge in [-0.1, -0.05) is 6.07 Å². The molecule has 126 valence electrons. The summed E-state index contributed by atoms with van der Waals surface area (Å²) in [6, 6.07) is 9.18. The molecule has 0 spiro atoms. The average Bonchev–Trinajstić information content (AvgIpc) is 2.99. The molecule has 0 saturated heterocycles. The average molecular weight is 327 g/mol. The number of hydrogen-bond donors (Lipinski definition) is 2. The normalized spacial score (nSPS) is 12.8. The first-order valence-corrected chi connectivity index (χ1v) is 7.82. The molecule has 1 amide bonds. The molecule has 1 aromatic heterocycles. The topological polar surface area (TPSA) is 72.5 Å². The number of amides is 1. The minimum atomic E-state index is -0.213. The van der Waals surface area contributed by atoms with Crippen LogP contribution in [0.15, 0.2) is 36.5 Å². The van der Waals surface area contributed by atoms with Crippen LogP contribution in [0.25, 0.3) is 0 Å². The molecule has 2 aromatic rings. The molecule has 2 N–H and O–H groups in total. The van der Waals surface area contributed by atoms with Crippen LogP contribution in [0.3, 0.4) is 0 Å². The Balaban J connectivity index is 1.59. The van der Waals surface area contributed by atoms with Crippen molar-refractivity contribution in [3.63, 3.8) is 0 Å². The highest BCUT2D eigenvalue weighted by atomic mass is 16.7. The van der Waals surface area contributed by atoms with Crippen LogP contribution in [0.5, 0.6) is 11.5 Å². The van der Waals surface area contributed by atoms with E-state index in [2.05, 4.69) is 36.4 Å². The van der Waals surface area contributed by atoms with Crippen molar-refractivity contribution in [1.29, 1.82) is 0 Å². The first kappa shape index (κ1) is 16.1. The van der Waals surface area contributed by atoms with E-state index >= 15 is 0 Å². The van der Waals surface area contributed by atoms with Crippen molar-refractivity contribution in [2.75, 3.05) is 12.1 Å². The van der Waals surface area contributed by atoms with Gasteiger partial charge in [0.15, 0.2) is 11.5 Å². The highest BCUT2D eigenvalue weighted by Crippen LogP contribution is 2.32. The van der Waals surface area contributed by atoms with Crippen molar-refractivity contribution in [2.24, 2.45) is 0 Å². The van der Waals surface area contributed by atoms with Gasteiger partial charge >= 0.3 is 0 Å². The lowest BCUT2D eigenvalue weighted by Gasteiger charge is -2.21. The zero-order chi connectivity index (χ0) is 17.2. The van der Waals surface area contributed by atoms with Crippen LogP contribution in [-0.4, -0.2) is 23.2 Å². The lowest BCUT2D eigenvalue weighted by Crippen LogP contribution is -2.26. The van der Waals surface area contributed by atoms with E-state index in [0.29, 0.717) is 18.0 Å². The molecule has 1 aliphatic rings. The first-order valence-electron chi connectivity index (χ1n) is 7.82. The number of nitrogens with one attached hydrogen (secondary N) is 2. The number of rotatable bonds is 4. The van der Waals surface area contributed by atoms with E-state index in [1.54, 1.807) is 12.3 Å². The lowest BCUT2D eigenvalue weighted by molar-refractivity contribution is 0.0946. The van der Waals surface area contributed by atoms with E-state index in [0.717, 1.165) is 17.0 Å². The van der Waals surface area contributed by atoms with Gasteiger partial charge in [0.25, 0.3) is 5.91 Å². The summed E-state index contributed by atoms with van der Waals surface area (Å²) in [5.74, 6) is 1.22. The fourth-order valence-electron chi connectivity index (χ4n) is 2.36. The van der Waals surface area contributed by atoms with E-state index in [1.165, 1.54) is 0 Å².